The maximum absolute atomic E-state index is 10.8. The van der Waals surface area contributed by atoms with Gasteiger partial charge < -0.3 is 0 Å². The molecule has 19 heavy (non-hydrogen) atoms. The predicted molar refractivity (Wildman–Crippen MR) is 80.3 cm³/mol. The average molecular weight is 312 g/mol. The first kappa shape index (κ1) is 12.1. The second-order valence-corrected chi connectivity index (χ2v) is 5.22. The molecule has 0 radical (unpaired) electrons. The fraction of sp³-hybridized carbons (Fsp3) is 0. The zero-order valence-electron chi connectivity index (χ0n) is 10.0. The molecular formula is C16H10BrNO. The number of carbonyl (C=O) groups is 1. The monoisotopic (exact) mass is 311 g/mol. The highest BCUT2D eigenvalue weighted by Crippen LogP contribution is 2.25. The summed E-state index contributed by atoms with van der Waals surface area (Å²) in [6.07, 6.45) is 2.70. The molecule has 0 saturated heterocycles. The van der Waals surface area contributed by atoms with Gasteiger partial charge in [-0.3, -0.25) is 9.78 Å². The van der Waals surface area contributed by atoms with Crippen LogP contribution in [0.15, 0.2) is 59.2 Å². The molecule has 0 bridgehead atoms. The number of halogens is 1. The van der Waals surface area contributed by atoms with E-state index in [2.05, 4.69) is 27.0 Å². The van der Waals surface area contributed by atoms with Gasteiger partial charge in [0.25, 0.3) is 0 Å². The lowest BCUT2D eigenvalue weighted by atomic mass is 10.0. The van der Waals surface area contributed by atoms with Crippen LogP contribution in [0.3, 0.4) is 0 Å². The lowest BCUT2D eigenvalue weighted by Gasteiger charge is -2.04. The van der Waals surface area contributed by atoms with E-state index in [9.17, 15) is 4.79 Å². The third kappa shape index (κ3) is 2.42. The highest BCUT2D eigenvalue weighted by molar-refractivity contribution is 9.10. The van der Waals surface area contributed by atoms with Gasteiger partial charge in [0.2, 0.25) is 0 Å². The summed E-state index contributed by atoms with van der Waals surface area (Å²) in [5.74, 6) is 0. The van der Waals surface area contributed by atoms with Gasteiger partial charge in [-0.25, -0.2) is 0 Å². The molecule has 2 nitrogen and oxygen atoms in total. The summed E-state index contributed by atoms with van der Waals surface area (Å²) in [5.41, 5.74) is 3.70. The van der Waals surface area contributed by atoms with E-state index in [1.807, 2.05) is 42.6 Å². The van der Waals surface area contributed by atoms with Crippen molar-refractivity contribution in [2.75, 3.05) is 0 Å². The SMILES string of the molecule is O=Cc1ccc2ncc(-c3cccc(Br)c3)cc2c1. The summed E-state index contributed by atoms with van der Waals surface area (Å²) in [6.45, 7) is 0. The first-order valence-corrected chi connectivity index (χ1v) is 6.66. The quantitative estimate of drug-likeness (QED) is 0.653. The summed E-state index contributed by atoms with van der Waals surface area (Å²) in [5, 5.41) is 0.974. The van der Waals surface area contributed by atoms with Crippen molar-refractivity contribution in [1.29, 1.82) is 0 Å². The van der Waals surface area contributed by atoms with Crippen molar-refractivity contribution < 1.29 is 4.79 Å². The highest BCUT2D eigenvalue weighted by Gasteiger charge is 2.02. The van der Waals surface area contributed by atoms with Crippen LogP contribution in [-0.2, 0) is 0 Å². The molecule has 1 aromatic heterocycles. The number of hydrogen-bond donors (Lipinski definition) is 0. The lowest BCUT2D eigenvalue weighted by Crippen LogP contribution is -1.85. The number of nitrogens with zero attached hydrogens (tertiary/aromatic N) is 1. The number of aromatic nitrogens is 1. The Balaban J connectivity index is 2.17. The van der Waals surface area contributed by atoms with E-state index in [1.165, 1.54) is 0 Å². The third-order valence-corrected chi connectivity index (χ3v) is 3.49. The summed E-state index contributed by atoms with van der Waals surface area (Å²) >= 11 is 3.47. The van der Waals surface area contributed by atoms with Crippen LogP contribution in [0.2, 0.25) is 0 Å². The van der Waals surface area contributed by atoms with Crippen molar-refractivity contribution in [1.82, 2.24) is 4.98 Å². The highest BCUT2D eigenvalue weighted by atomic mass is 79.9. The minimum Gasteiger partial charge on any atom is -0.298 e. The summed E-state index contributed by atoms with van der Waals surface area (Å²) in [4.78, 5) is 15.3. The Bertz CT molecular complexity index is 768. The molecular weight excluding hydrogens is 302 g/mol. The van der Waals surface area contributed by atoms with Crippen LogP contribution in [0, 0.1) is 0 Å². The Morgan fingerprint density at radius 3 is 2.68 bits per heavy atom. The molecule has 3 heteroatoms. The molecule has 0 aliphatic carbocycles. The second kappa shape index (κ2) is 4.94. The molecule has 0 saturated carbocycles. The zero-order chi connectivity index (χ0) is 13.2. The molecule has 0 fully saturated rings. The second-order valence-electron chi connectivity index (χ2n) is 4.30. The number of carbonyl (C=O) groups excluding carboxylic acids is 1. The van der Waals surface area contributed by atoms with Gasteiger partial charge in [0.1, 0.15) is 6.29 Å². The predicted octanol–water partition coefficient (Wildman–Crippen LogP) is 4.48. The van der Waals surface area contributed by atoms with Crippen molar-refractivity contribution in [3.05, 3.63) is 64.8 Å². The third-order valence-electron chi connectivity index (χ3n) is 3.00. The van der Waals surface area contributed by atoms with Gasteiger partial charge in [0.15, 0.2) is 0 Å². The van der Waals surface area contributed by atoms with Crippen molar-refractivity contribution in [3.8, 4) is 11.1 Å². The molecule has 0 N–H and O–H groups in total. The van der Waals surface area contributed by atoms with E-state index in [-0.39, 0.29) is 0 Å². The molecule has 0 unspecified atom stereocenters. The maximum Gasteiger partial charge on any atom is 0.150 e. The Morgan fingerprint density at radius 1 is 1.00 bits per heavy atom. The Kier molecular flexibility index (Phi) is 3.13. The van der Waals surface area contributed by atoms with Crippen LogP contribution < -0.4 is 0 Å². The number of hydrogen-bond acceptors (Lipinski definition) is 2. The normalized spacial score (nSPS) is 10.6. The summed E-state index contributed by atoms with van der Waals surface area (Å²) < 4.78 is 1.03. The number of benzene rings is 2. The van der Waals surface area contributed by atoms with Crippen molar-refractivity contribution >= 4 is 33.1 Å². The molecule has 3 rings (SSSR count). The number of rotatable bonds is 2. The van der Waals surface area contributed by atoms with Crippen LogP contribution in [0.25, 0.3) is 22.0 Å². The number of fused-ring (bicyclic) bond motifs is 1. The molecule has 0 aliphatic heterocycles. The Morgan fingerprint density at radius 2 is 1.89 bits per heavy atom. The maximum atomic E-state index is 10.8. The van der Waals surface area contributed by atoms with Crippen LogP contribution in [0.4, 0.5) is 0 Å². The fourth-order valence-electron chi connectivity index (χ4n) is 2.05. The molecule has 3 aromatic rings. The molecule has 0 aliphatic rings. The topological polar surface area (TPSA) is 30.0 Å². The summed E-state index contributed by atoms with van der Waals surface area (Å²) in [7, 11) is 0. The Labute approximate surface area is 119 Å². The van der Waals surface area contributed by atoms with Gasteiger partial charge >= 0.3 is 0 Å². The Hall–Kier alpha value is -2.00. The van der Waals surface area contributed by atoms with E-state index in [0.717, 1.165) is 32.8 Å². The van der Waals surface area contributed by atoms with Crippen LogP contribution in [-0.4, -0.2) is 11.3 Å². The largest absolute Gasteiger partial charge is 0.298 e. The summed E-state index contributed by atoms with van der Waals surface area (Å²) in [6, 6.07) is 15.6. The standard InChI is InChI=1S/C16H10BrNO/c17-15-3-1-2-12(8-15)14-7-13-6-11(10-19)4-5-16(13)18-9-14/h1-10H. The molecule has 2 aromatic carbocycles. The van der Waals surface area contributed by atoms with Crippen LogP contribution in [0.1, 0.15) is 10.4 Å². The van der Waals surface area contributed by atoms with E-state index in [0.29, 0.717) is 5.56 Å². The van der Waals surface area contributed by atoms with Gasteiger partial charge in [-0.2, -0.15) is 0 Å². The smallest absolute Gasteiger partial charge is 0.150 e. The zero-order valence-corrected chi connectivity index (χ0v) is 11.6. The molecule has 1 heterocycles. The van der Waals surface area contributed by atoms with Crippen LogP contribution >= 0.6 is 15.9 Å². The van der Waals surface area contributed by atoms with E-state index < -0.39 is 0 Å². The number of aldehydes is 1. The molecule has 0 amide bonds. The van der Waals surface area contributed by atoms with Crippen LogP contribution in [0.5, 0.6) is 0 Å². The van der Waals surface area contributed by atoms with Gasteiger partial charge in [0, 0.05) is 27.2 Å². The first-order valence-electron chi connectivity index (χ1n) is 5.87. The van der Waals surface area contributed by atoms with Gasteiger partial charge in [-0.05, 0) is 42.0 Å². The average Bonchev–Trinajstić information content (AvgIpc) is 2.46. The van der Waals surface area contributed by atoms with E-state index in [4.69, 9.17) is 0 Å². The van der Waals surface area contributed by atoms with Gasteiger partial charge in [-0.15, -0.1) is 0 Å². The number of pyridine rings is 1. The lowest BCUT2D eigenvalue weighted by molar-refractivity contribution is 0.112. The van der Waals surface area contributed by atoms with Crippen molar-refractivity contribution in [3.63, 3.8) is 0 Å². The van der Waals surface area contributed by atoms with E-state index in [1.54, 1.807) is 6.07 Å². The van der Waals surface area contributed by atoms with E-state index >= 15 is 0 Å². The molecule has 92 valence electrons. The van der Waals surface area contributed by atoms with Gasteiger partial charge in [-0.1, -0.05) is 28.1 Å². The van der Waals surface area contributed by atoms with Crippen molar-refractivity contribution in [2.24, 2.45) is 0 Å². The molecule has 0 atom stereocenters. The van der Waals surface area contributed by atoms with Gasteiger partial charge in [0.05, 0.1) is 5.52 Å². The first-order chi connectivity index (χ1) is 9.26. The van der Waals surface area contributed by atoms with Crippen molar-refractivity contribution in [2.45, 2.75) is 0 Å². The minimum absolute atomic E-state index is 0.667. The molecule has 0 spiro atoms. The fourth-order valence-corrected chi connectivity index (χ4v) is 2.45. The minimum atomic E-state index is 0.667.